The van der Waals surface area contributed by atoms with Crippen LogP contribution in [0.25, 0.3) is 0 Å². The van der Waals surface area contributed by atoms with Gasteiger partial charge in [-0.2, -0.15) is 0 Å². The third-order valence-corrected chi connectivity index (χ3v) is 3.29. The largest absolute Gasteiger partial charge is 0.364 e. The van der Waals surface area contributed by atoms with Gasteiger partial charge in [0.25, 0.3) is 0 Å². The fourth-order valence-corrected chi connectivity index (χ4v) is 2.12. The molecule has 18 heavy (non-hydrogen) atoms. The minimum absolute atomic E-state index is 0.193. The fraction of sp³-hybridized carbons (Fsp3) is 0.538. The van der Waals surface area contributed by atoms with Gasteiger partial charge in [0.15, 0.2) is 0 Å². The number of nitrogens with two attached hydrogens (primary N) is 1. The van der Waals surface area contributed by atoms with Gasteiger partial charge in [0, 0.05) is 26.7 Å². The van der Waals surface area contributed by atoms with Crippen LogP contribution < -0.4 is 10.6 Å². The highest BCUT2D eigenvalue weighted by Gasteiger charge is 2.19. The smallest absolute Gasteiger partial charge is 0.242 e. The number of carbonyl (C=O) groups excluding carboxylic acids is 1. The van der Waals surface area contributed by atoms with Gasteiger partial charge in [-0.25, -0.2) is 0 Å². The lowest BCUT2D eigenvalue weighted by Gasteiger charge is -2.22. The Morgan fingerprint density at radius 3 is 2.72 bits per heavy atom. The van der Waals surface area contributed by atoms with Crippen molar-refractivity contribution >= 4 is 11.6 Å². The van der Waals surface area contributed by atoms with Crippen LogP contribution in [0, 0.1) is 0 Å². The van der Waals surface area contributed by atoms with E-state index in [1.165, 1.54) is 0 Å². The van der Waals surface area contributed by atoms with Crippen LogP contribution in [0.15, 0.2) is 18.3 Å². The molecule has 1 aliphatic rings. The minimum atomic E-state index is 0.193. The quantitative estimate of drug-likeness (QED) is 0.847. The van der Waals surface area contributed by atoms with Crippen LogP contribution in [0.3, 0.4) is 0 Å². The topological polar surface area (TPSA) is 62.5 Å². The van der Waals surface area contributed by atoms with Crippen molar-refractivity contribution in [3.05, 3.63) is 24.0 Å². The summed E-state index contributed by atoms with van der Waals surface area (Å²) in [5, 5.41) is 0. The van der Waals surface area contributed by atoms with E-state index < -0.39 is 0 Å². The van der Waals surface area contributed by atoms with Crippen LogP contribution in [-0.2, 0) is 11.3 Å². The van der Waals surface area contributed by atoms with Gasteiger partial charge < -0.3 is 15.5 Å². The van der Waals surface area contributed by atoms with Gasteiger partial charge in [-0.15, -0.1) is 0 Å². The molecule has 2 heterocycles. The van der Waals surface area contributed by atoms with E-state index in [0.717, 1.165) is 37.3 Å². The van der Waals surface area contributed by atoms with Crippen LogP contribution in [0.4, 0.5) is 5.69 Å². The molecule has 1 saturated heterocycles. The maximum Gasteiger partial charge on any atom is 0.242 e. The summed E-state index contributed by atoms with van der Waals surface area (Å²) in [6.07, 6.45) is 4.02. The van der Waals surface area contributed by atoms with Crippen molar-refractivity contribution in [1.82, 2.24) is 9.88 Å². The maximum atomic E-state index is 12.0. The van der Waals surface area contributed by atoms with Crippen molar-refractivity contribution in [3.8, 4) is 0 Å². The van der Waals surface area contributed by atoms with Gasteiger partial charge in [0.2, 0.25) is 5.91 Å². The van der Waals surface area contributed by atoms with E-state index in [1.54, 1.807) is 6.20 Å². The van der Waals surface area contributed by atoms with Gasteiger partial charge in [-0.1, -0.05) is 0 Å². The third kappa shape index (κ3) is 2.98. The van der Waals surface area contributed by atoms with E-state index >= 15 is 0 Å². The average Bonchev–Trinajstić information content (AvgIpc) is 2.92. The number of pyridine rings is 1. The van der Waals surface area contributed by atoms with Crippen molar-refractivity contribution in [2.45, 2.75) is 19.4 Å². The number of amides is 1. The van der Waals surface area contributed by atoms with Crippen molar-refractivity contribution in [1.29, 1.82) is 0 Å². The highest BCUT2D eigenvalue weighted by atomic mass is 16.2. The lowest BCUT2D eigenvalue weighted by atomic mass is 10.3. The second kappa shape index (κ2) is 5.82. The van der Waals surface area contributed by atoms with E-state index in [2.05, 4.69) is 4.98 Å². The van der Waals surface area contributed by atoms with Crippen molar-refractivity contribution < 1.29 is 4.79 Å². The van der Waals surface area contributed by atoms with Gasteiger partial charge in [-0.05, 0) is 25.0 Å². The number of likely N-dealkylation sites (tertiary alicyclic amines) is 1. The van der Waals surface area contributed by atoms with E-state index in [0.29, 0.717) is 13.1 Å². The van der Waals surface area contributed by atoms with Crippen LogP contribution in [0.5, 0.6) is 0 Å². The van der Waals surface area contributed by atoms with E-state index in [9.17, 15) is 4.79 Å². The molecule has 5 nitrogen and oxygen atoms in total. The molecule has 0 aliphatic carbocycles. The molecule has 5 heteroatoms. The molecule has 98 valence electrons. The van der Waals surface area contributed by atoms with Crippen molar-refractivity contribution in [2.24, 2.45) is 5.73 Å². The SMILES string of the molecule is CN(CC(=O)N1CCCC1)c1ccc(CN)nc1. The molecule has 1 aliphatic heterocycles. The first-order chi connectivity index (χ1) is 8.70. The summed E-state index contributed by atoms with van der Waals surface area (Å²) in [5.74, 6) is 0.193. The molecule has 1 fully saturated rings. The predicted octanol–water partition coefficient (Wildman–Crippen LogP) is 0.599. The zero-order valence-electron chi connectivity index (χ0n) is 10.8. The van der Waals surface area contributed by atoms with E-state index in [-0.39, 0.29) is 5.91 Å². The molecule has 0 atom stereocenters. The van der Waals surface area contributed by atoms with Crippen LogP contribution in [0.2, 0.25) is 0 Å². The maximum absolute atomic E-state index is 12.0. The summed E-state index contributed by atoms with van der Waals surface area (Å²) in [4.78, 5) is 20.1. The standard InChI is InChI=1S/C13H20N4O/c1-16(10-13(18)17-6-2-3-7-17)12-5-4-11(8-14)15-9-12/h4-5,9H,2-3,6-8,10,14H2,1H3. The second-order valence-corrected chi connectivity index (χ2v) is 4.66. The van der Waals surface area contributed by atoms with Crippen LogP contribution in [-0.4, -0.2) is 42.5 Å². The molecule has 0 spiro atoms. The Kier molecular flexibility index (Phi) is 4.15. The van der Waals surface area contributed by atoms with Gasteiger partial charge >= 0.3 is 0 Å². The highest BCUT2D eigenvalue weighted by molar-refractivity contribution is 5.81. The molecule has 0 radical (unpaired) electrons. The van der Waals surface area contributed by atoms with Gasteiger partial charge in [-0.3, -0.25) is 9.78 Å². The van der Waals surface area contributed by atoms with Crippen LogP contribution in [0.1, 0.15) is 18.5 Å². The van der Waals surface area contributed by atoms with Crippen molar-refractivity contribution in [3.63, 3.8) is 0 Å². The Morgan fingerprint density at radius 2 is 2.17 bits per heavy atom. The molecule has 0 unspecified atom stereocenters. The molecular weight excluding hydrogens is 228 g/mol. The first-order valence-electron chi connectivity index (χ1n) is 6.34. The molecular formula is C13H20N4O. The fourth-order valence-electron chi connectivity index (χ4n) is 2.12. The summed E-state index contributed by atoms with van der Waals surface area (Å²) in [6, 6.07) is 3.85. The number of carbonyl (C=O) groups is 1. The number of hydrogen-bond donors (Lipinski definition) is 1. The number of likely N-dealkylation sites (N-methyl/N-ethyl adjacent to an activating group) is 1. The van der Waals surface area contributed by atoms with Gasteiger partial charge in [0.1, 0.15) is 0 Å². The first-order valence-corrected chi connectivity index (χ1v) is 6.34. The molecule has 0 aromatic carbocycles. The average molecular weight is 248 g/mol. The summed E-state index contributed by atoms with van der Waals surface area (Å²) in [6.45, 7) is 2.65. The Hall–Kier alpha value is -1.62. The zero-order valence-corrected chi connectivity index (χ0v) is 10.8. The summed E-state index contributed by atoms with van der Waals surface area (Å²) in [7, 11) is 1.91. The molecule has 2 rings (SSSR count). The number of nitrogens with zero attached hydrogens (tertiary/aromatic N) is 3. The highest BCUT2D eigenvalue weighted by Crippen LogP contribution is 2.13. The van der Waals surface area contributed by atoms with Crippen LogP contribution >= 0.6 is 0 Å². The monoisotopic (exact) mass is 248 g/mol. The van der Waals surface area contributed by atoms with E-state index in [4.69, 9.17) is 5.73 Å². The Bertz CT molecular complexity index is 398. The number of anilines is 1. The predicted molar refractivity (Wildman–Crippen MR) is 71.2 cm³/mol. The summed E-state index contributed by atoms with van der Waals surface area (Å²) >= 11 is 0. The Balaban J connectivity index is 1.93. The molecule has 0 saturated carbocycles. The lowest BCUT2D eigenvalue weighted by Crippen LogP contribution is -2.37. The number of hydrogen-bond acceptors (Lipinski definition) is 4. The third-order valence-electron chi connectivity index (χ3n) is 3.29. The van der Waals surface area contributed by atoms with Crippen molar-refractivity contribution in [2.75, 3.05) is 31.6 Å². The summed E-state index contributed by atoms with van der Waals surface area (Å²) < 4.78 is 0. The first kappa shape index (κ1) is 12.8. The normalized spacial score (nSPS) is 14.9. The summed E-state index contributed by atoms with van der Waals surface area (Å²) in [5.41, 5.74) is 7.31. The van der Waals surface area contributed by atoms with E-state index in [1.807, 2.05) is 29.0 Å². The second-order valence-electron chi connectivity index (χ2n) is 4.66. The van der Waals surface area contributed by atoms with Gasteiger partial charge in [0.05, 0.1) is 24.1 Å². The molecule has 1 aromatic heterocycles. The Morgan fingerprint density at radius 1 is 1.44 bits per heavy atom. The zero-order chi connectivity index (χ0) is 13.0. The number of aromatic nitrogens is 1. The molecule has 1 amide bonds. The minimum Gasteiger partial charge on any atom is -0.364 e. The molecule has 2 N–H and O–H groups in total. The molecule has 1 aromatic rings. The molecule has 0 bridgehead atoms. The number of rotatable bonds is 4. The Labute approximate surface area is 108 Å². The lowest BCUT2D eigenvalue weighted by molar-refractivity contribution is -0.128.